The van der Waals surface area contributed by atoms with Crippen molar-refractivity contribution in [2.75, 3.05) is 0 Å². The van der Waals surface area contributed by atoms with Crippen molar-refractivity contribution in [1.82, 2.24) is 15.3 Å². The molecule has 0 radical (unpaired) electrons. The van der Waals surface area contributed by atoms with Gasteiger partial charge in [-0.25, -0.2) is 9.37 Å². The monoisotopic (exact) mass is 393 g/mol. The van der Waals surface area contributed by atoms with Crippen molar-refractivity contribution in [3.63, 3.8) is 0 Å². The minimum Gasteiger partial charge on any atom is -0.359 e. The lowest BCUT2D eigenvalue weighted by atomic mass is 9.70. The first kappa shape index (κ1) is 17.3. The zero-order chi connectivity index (χ0) is 19.1. The zero-order valence-electron chi connectivity index (χ0n) is 14.9. The van der Waals surface area contributed by atoms with Gasteiger partial charge >= 0.3 is 0 Å². The van der Waals surface area contributed by atoms with E-state index in [4.69, 9.17) is 0 Å². The van der Waals surface area contributed by atoms with Crippen LogP contribution in [0.1, 0.15) is 23.1 Å². The molecule has 0 spiro atoms. The summed E-state index contributed by atoms with van der Waals surface area (Å²) in [5, 5.41) is 4.71. The van der Waals surface area contributed by atoms with E-state index in [9.17, 15) is 8.78 Å². The van der Waals surface area contributed by atoms with Crippen molar-refractivity contribution in [3.05, 3.63) is 94.7 Å². The van der Waals surface area contributed by atoms with E-state index in [0.717, 1.165) is 27.3 Å². The van der Waals surface area contributed by atoms with Gasteiger partial charge in [-0.1, -0.05) is 6.07 Å². The van der Waals surface area contributed by atoms with Gasteiger partial charge in [-0.05, 0) is 83.1 Å². The molecule has 5 rings (SSSR count). The van der Waals surface area contributed by atoms with Gasteiger partial charge in [0.2, 0.25) is 5.95 Å². The fourth-order valence-corrected chi connectivity index (χ4v) is 5.34. The Morgan fingerprint density at radius 2 is 2.04 bits per heavy atom. The van der Waals surface area contributed by atoms with E-state index in [1.54, 1.807) is 29.8 Å². The first-order chi connectivity index (χ1) is 13.7. The van der Waals surface area contributed by atoms with Crippen LogP contribution in [0.15, 0.2) is 72.0 Å². The molecule has 6 heteroatoms. The van der Waals surface area contributed by atoms with Gasteiger partial charge in [-0.2, -0.15) is 4.39 Å². The number of hydrogen-bond acceptors (Lipinski definition) is 4. The van der Waals surface area contributed by atoms with Gasteiger partial charge in [0.1, 0.15) is 0 Å². The van der Waals surface area contributed by atoms with E-state index < -0.39 is 17.7 Å². The highest BCUT2D eigenvalue weighted by atomic mass is 32.1. The van der Waals surface area contributed by atoms with E-state index in [1.807, 2.05) is 18.2 Å². The summed E-state index contributed by atoms with van der Waals surface area (Å²) in [6.45, 7) is 0. The van der Waals surface area contributed by atoms with Gasteiger partial charge in [0.15, 0.2) is 6.30 Å². The zero-order valence-corrected chi connectivity index (χ0v) is 15.7. The molecule has 28 heavy (non-hydrogen) atoms. The average molecular weight is 393 g/mol. The highest BCUT2D eigenvalue weighted by molar-refractivity contribution is 7.13. The van der Waals surface area contributed by atoms with Crippen LogP contribution >= 0.6 is 11.3 Å². The Morgan fingerprint density at radius 1 is 1.11 bits per heavy atom. The van der Waals surface area contributed by atoms with Crippen LogP contribution in [0.3, 0.4) is 0 Å². The van der Waals surface area contributed by atoms with Gasteiger partial charge in [0.05, 0.1) is 10.6 Å². The van der Waals surface area contributed by atoms with Crippen LogP contribution in [-0.2, 0) is 11.8 Å². The largest absolute Gasteiger partial charge is 0.359 e. The molecule has 0 amide bonds. The number of pyridine rings is 2. The lowest BCUT2D eigenvalue weighted by Gasteiger charge is -2.33. The molecular formula is C22H17F2N3S. The van der Waals surface area contributed by atoms with Crippen molar-refractivity contribution in [3.8, 4) is 10.6 Å². The number of thiophene rings is 1. The van der Waals surface area contributed by atoms with Crippen LogP contribution in [0.4, 0.5) is 8.78 Å². The standard InChI is InChI=1S/C22H17F2N3S/c23-18-10-14(3-7-25-18)12-22(13-15-4-8-26-19(24)11-15)16-2-1-6-27-20(16)21-17(22)5-9-28-21/h1-11,18,25H,12-13H2. The fraction of sp³-hybridized carbons (Fsp3) is 0.182. The van der Waals surface area contributed by atoms with Crippen molar-refractivity contribution in [1.29, 1.82) is 0 Å². The number of nitrogens with zero attached hydrogens (tertiary/aromatic N) is 2. The molecule has 2 unspecified atom stereocenters. The molecule has 0 aromatic carbocycles. The number of allylic oxidation sites excluding steroid dienone is 2. The minimum atomic E-state index is -1.20. The Balaban J connectivity index is 1.69. The Labute approximate surface area is 165 Å². The second-order valence-electron chi connectivity index (χ2n) is 7.13. The second-order valence-corrected chi connectivity index (χ2v) is 8.04. The number of alkyl halides is 1. The predicted molar refractivity (Wildman–Crippen MR) is 106 cm³/mol. The van der Waals surface area contributed by atoms with E-state index >= 15 is 0 Å². The molecule has 2 aliphatic rings. The summed E-state index contributed by atoms with van der Waals surface area (Å²) >= 11 is 1.66. The summed E-state index contributed by atoms with van der Waals surface area (Å²) in [5.74, 6) is -0.493. The fourth-order valence-electron chi connectivity index (χ4n) is 4.34. The van der Waals surface area contributed by atoms with Gasteiger partial charge in [-0.3, -0.25) is 4.98 Å². The second kappa shape index (κ2) is 6.63. The lowest BCUT2D eigenvalue weighted by Crippen LogP contribution is -2.30. The third kappa shape index (κ3) is 2.76. The molecule has 3 nitrogen and oxygen atoms in total. The Morgan fingerprint density at radius 3 is 2.89 bits per heavy atom. The number of hydrogen-bond donors (Lipinski definition) is 1. The first-order valence-corrected chi connectivity index (χ1v) is 9.95. The van der Waals surface area contributed by atoms with Crippen LogP contribution in [0.2, 0.25) is 0 Å². The summed E-state index contributed by atoms with van der Waals surface area (Å²) < 4.78 is 27.7. The number of halogens is 2. The molecule has 1 aliphatic carbocycles. The molecule has 0 fully saturated rings. The Hall–Kier alpha value is -2.86. The molecule has 4 heterocycles. The highest BCUT2D eigenvalue weighted by Crippen LogP contribution is 2.54. The maximum Gasteiger partial charge on any atom is 0.213 e. The molecule has 0 saturated heterocycles. The van der Waals surface area contributed by atoms with E-state index in [0.29, 0.717) is 12.8 Å². The molecule has 3 aromatic heterocycles. The van der Waals surface area contributed by atoms with Gasteiger partial charge in [-0.15, -0.1) is 11.3 Å². The Kier molecular flexibility index (Phi) is 4.09. The number of rotatable bonds is 4. The molecule has 140 valence electrons. The van der Waals surface area contributed by atoms with E-state index in [-0.39, 0.29) is 0 Å². The smallest absolute Gasteiger partial charge is 0.213 e. The summed E-state index contributed by atoms with van der Waals surface area (Å²) in [6, 6.07) is 9.47. The summed E-state index contributed by atoms with van der Waals surface area (Å²) in [6.07, 6.45) is 8.45. The maximum absolute atomic E-state index is 13.9. The molecule has 1 N–H and O–H groups in total. The molecule has 0 saturated carbocycles. The van der Waals surface area contributed by atoms with Crippen LogP contribution in [0.25, 0.3) is 10.6 Å². The minimum absolute atomic E-state index is 0.431. The van der Waals surface area contributed by atoms with Crippen molar-refractivity contribution in [2.24, 2.45) is 0 Å². The summed E-state index contributed by atoms with van der Waals surface area (Å²) in [4.78, 5) is 9.46. The van der Waals surface area contributed by atoms with Gasteiger partial charge in [0.25, 0.3) is 0 Å². The molecular weight excluding hydrogens is 376 g/mol. The Bertz CT molecular complexity index is 1100. The third-order valence-electron chi connectivity index (χ3n) is 5.44. The third-order valence-corrected chi connectivity index (χ3v) is 6.36. The predicted octanol–water partition coefficient (Wildman–Crippen LogP) is 4.92. The van der Waals surface area contributed by atoms with E-state index in [1.165, 1.54) is 17.8 Å². The molecule has 3 aromatic rings. The van der Waals surface area contributed by atoms with Crippen molar-refractivity contribution in [2.45, 2.75) is 24.6 Å². The normalized spacial score (nSPS) is 22.4. The number of nitrogens with one attached hydrogen (secondary N) is 1. The van der Waals surface area contributed by atoms with Crippen molar-refractivity contribution >= 4 is 11.3 Å². The molecule has 2 atom stereocenters. The van der Waals surface area contributed by atoms with Crippen LogP contribution in [-0.4, -0.2) is 16.3 Å². The van der Waals surface area contributed by atoms with E-state index in [2.05, 4.69) is 32.8 Å². The number of aromatic nitrogens is 2. The maximum atomic E-state index is 13.9. The quantitative estimate of drug-likeness (QED) is 0.505. The summed E-state index contributed by atoms with van der Waals surface area (Å²) in [5.41, 5.74) is 4.59. The van der Waals surface area contributed by atoms with Gasteiger partial charge in [0, 0.05) is 17.8 Å². The number of fused-ring (bicyclic) bond motifs is 3. The van der Waals surface area contributed by atoms with Crippen LogP contribution < -0.4 is 5.32 Å². The van der Waals surface area contributed by atoms with Crippen LogP contribution in [0, 0.1) is 5.95 Å². The average Bonchev–Trinajstić information content (AvgIpc) is 3.25. The SMILES string of the molecule is Fc1cc(CC2(CC3=CC(F)NC=C3)c3cccnc3-c3sccc32)ccn1. The number of dihydropyridines is 1. The van der Waals surface area contributed by atoms with Gasteiger partial charge < -0.3 is 5.32 Å². The first-order valence-electron chi connectivity index (χ1n) is 9.07. The highest BCUT2D eigenvalue weighted by Gasteiger charge is 2.45. The lowest BCUT2D eigenvalue weighted by molar-refractivity contribution is 0.360. The molecule has 1 aliphatic heterocycles. The van der Waals surface area contributed by atoms with Crippen molar-refractivity contribution < 1.29 is 8.78 Å². The topological polar surface area (TPSA) is 37.8 Å². The van der Waals surface area contributed by atoms with Crippen LogP contribution in [0.5, 0.6) is 0 Å². The summed E-state index contributed by atoms with van der Waals surface area (Å²) in [7, 11) is 0. The molecule has 0 bridgehead atoms.